The molecule has 131 valence electrons. The van der Waals surface area contributed by atoms with Crippen molar-refractivity contribution < 1.29 is 37.2 Å². The zero-order valence-electron chi connectivity index (χ0n) is 12.5. The van der Waals surface area contributed by atoms with Gasteiger partial charge in [-0.25, -0.2) is 9.18 Å². The summed E-state index contributed by atoms with van der Waals surface area (Å²) in [5.74, 6) is -0.746. The summed E-state index contributed by atoms with van der Waals surface area (Å²) in [5, 5.41) is 10.8. The molecule has 10 heteroatoms. The molecule has 1 fully saturated rings. The van der Waals surface area contributed by atoms with E-state index in [9.17, 15) is 32.5 Å². The van der Waals surface area contributed by atoms with Crippen LogP contribution >= 0.6 is 0 Å². The van der Waals surface area contributed by atoms with Crippen LogP contribution in [0.25, 0.3) is 0 Å². The molecule has 24 heavy (non-hydrogen) atoms. The number of nitrogens with zero attached hydrogens (tertiary/aromatic N) is 2. The normalized spacial score (nSPS) is 21.0. The van der Waals surface area contributed by atoms with Crippen LogP contribution in [0.15, 0.2) is 18.2 Å². The summed E-state index contributed by atoms with van der Waals surface area (Å²) in [4.78, 5) is 22.6. The number of esters is 1. The van der Waals surface area contributed by atoms with Gasteiger partial charge in [-0.1, -0.05) is 0 Å². The summed E-state index contributed by atoms with van der Waals surface area (Å²) < 4.78 is 57.6. The molecule has 1 aromatic rings. The number of carbonyl (C=O) groups is 1. The number of carbonyl (C=O) groups excluding carboxylic acids is 1. The van der Waals surface area contributed by atoms with E-state index in [1.807, 2.05) is 0 Å². The molecule has 6 nitrogen and oxygen atoms in total. The van der Waals surface area contributed by atoms with E-state index in [2.05, 4.69) is 0 Å². The number of rotatable bonds is 4. The summed E-state index contributed by atoms with van der Waals surface area (Å²) >= 11 is 0. The second kappa shape index (κ2) is 6.62. The van der Waals surface area contributed by atoms with Gasteiger partial charge in [0.05, 0.1) is 23.3 Å². The fraction of sp³-hybridized carbons (Fsp3) is 0.500. The highest BCUT2D eigenvalue weighted by Crippen LogP contribution is 2.39. The van der Waals surface area contributed by atoms with E-state index < -0.39 is 40.5 Å². The van der Waals surface area contributed by atoms with Crippen molar-refractivity contribution >= 4 is 17.3 Å². The van der Waals surface area contributed by atoms with E-state index in [0.29, 0.717) is 12.1 Å². The second-order valence-corrected chi connectivity index (χ2v) is 5.21. The van der Waals surface area contributed by atoms with Crippen LogP contribution in [0.5, 0.6) is 0 Å². The van der Waals surface area contributed by atoms with Crippen LogP contribution in [-0.2, 0) is 20.9 Å². The van der Waals surface area contributed by atoms with Gasteiger partial charge in [0.25, 0.3) is 0 Å². The maximum Gasteiger partial charge on any atom is 0.423 e. The van der Waals surface area contributed by atoms with Crippen molar-refractivity contribution in [1.29, 1.82) is 0 Å². The summed E-state index contributed by atoms with van der Waals surface area (Å²) in [6.07, 6.45) is -6.58. The summed E-state index contributed by atoms with van der Waals surface area (Å²) in [7, 11) is 0. The Morgan fingerprint density at radius 1 is 1.42 bits per heavy atom. The van der Waals surface area contributed by atoms with Crippen molar-refractivity contribution in [2.75, 3.05) is 18.1 Å². The molecule has 0 N–H and O–H groups in total. The summed E-state index contributed by atoms with van der Waals surface area (Å²) in [5.41, 5.74) is -2.67. The van der Waals surface area contributed by atoms with Crippen molar-refractivity contribution in [3.05, 3.63) is 28.7 Å². The Morgan fingerprint density at radius 3 is 2.62 bits per heavy atom. The van der Waals surface area contributed by atoms with Crippen molar-refractivity contribution in [3.63, 3.8) is 0 Å². The zero-order chi connectivity index (χ0) is 18.1. The molecular weight excluding hydrogens is 336 g/mol. The summed E-state index contributed by atoms with van der Waals surface area (Å²) in [6, 6.07) is 1.26. The van der Waals surface area contributed by atoms with Crippen LogP contribution in [-0.4, -0.2) is 36.3 Å². The average molecular weight is 350 g/mol. The molecule has 2 rings (SSSR count). The Kier molecular flexibility index (Phi) is 4.95. The fourth-order valence-corrected chi connectivity index (χ4v) is 2.62. The third kappa shape index (κ3) is 3.57. The van der Waals surface area contributed by atoms with E-state index in [-0.39, 0.29) is 25.3 Å². The molecule has 0 spiro atoms. The smallest absolute Gasteiger partial charge is 0.423 e. The SMILES string of the molecule is CCOC(=O)[C@H]1C[C@H](F)CN1c1ccc([N+]([O])=O)c(C(F)(F)F)c1. The van der Waals surface area contributed by atoms with Gasteiger partial charge in [0.2, 0.25) is 0 Å². The van der Waals surface area contributed by atoms with E-state index in [0.717, 1.165) is 11.0 Å². The van der Waals surface area contributed by atoms with E-state index in [1.165, 1.54) is 0 Å². The molecule has 1 aliphatic rings. The Morgan fingerprint density at radius 2 is 2.08 bits per heavy atom. The first kappa shape index (κ1) is 18.0. The third-order valence-corrected chi connectivity index (χ3v) is 3.62. The zero-order valence-corrected chi connectivity index (χ0v) is 12.5. The van der Waals surface area contributed by atoms with Gasteiger partial charge >= 0.3 is 22.8 Å². The molecule has 0 saturated carbocycles. The number of benzene rings is 1. The highest BCUT2D eigenvalue weighted by atomic mass is 19.4. The second-order valence-electron chi connectivity index (χ2n) is 5.21. The minimum absolute atomic E-state index is 0.0498. The lowest BCUT2D eigenvalue weighted by atomic mass is 10.1. The predicted molar refractivity (Wildman–Crippen MR) is 72.7 cm³/mol. The largest absolute Gasteiger partial charge is 0.464 e. The Balaban J connectivity index is 2.43. The standard InChI is InChI=1S/C14H14F4N2O4/c1-2-24-13(21)12-5-8(15)7-19(12)9-3-4-11(20(22)23)10(6-9)14(16,17)18/h3-4,6,8,12H,2,5,7H2,1H3/q+1/t8-,12+/m0/s1. The molecule has 1 heterocycles. The molecule has 1 aliphatic heterocycles. The topological polar surface area (TPSA) is 69.5 Å². The molecule has 0 aromatic heterocycles. The molecule has 0 unspecified atom stereocenters. The Hall–Kier alpha value is -2.39. The Bertz CT molecular complexity index is 650. The van der Waals surface area contributed by atoms with Gasteiger partial charge in [0, 0.05) is 18.2 Å². The quantitative estimate of drug-likeness (QED) is 0.476. The first-order chi connectivity index (χ1) is 11.1. The first-order valence-electron chi connectivity index (χ1n) is 7.08. The highest BCUT2D eigenvalue weighted by molar-refractivity contribution is 5.81. The number of hydrogen-bond donors (Lipinski definition) is 0. The number of ether oxygens (including phenoxy) is 1. The average Bonchev–Trinajstić information content (AvgIpc) is 2.88. The lowest BCUT2D eigenvalue weighted by molar-refractivity contribution is -0.770. The maximum atomic E-state index is 13.7. The summed E-state index contributed by atoms with van der Waals surface area (Å²) in [6.45, 7) is 1.31. The van der Waals surface area contributed by atoms with Crippen molar-refractivity contribution in [2.45, 2.75) is 31.7 Å². The van der Waals surface area contributed by atoms with Gasteiger partial charge in [0.15, 0.2) is 0 Å². The van der Waals surface area contributed by atoms with Gasteiger partial charge in [-0.15, -0.1) is 0 Å². The van der Waals surface area contributed by atoms with Crippen LogP contribution in [0.4, 0.5) is 28.9 Å². The maximum absolute atomic E-state index is 13.7. The number of anilines is 1. The highest BCUT2D eigenvalue weighted by Gasteiger charge is 2.43. The van der Waals surface area contributed by atoms with Crippen molar-refractivity contribution in [1.82, 2.24) is 0 Å². The van der Waals surface area contributed by atoms with E-state index in [1.54, 1.807) is 6.92 Å². The van der Waals surface area contributed by atoms with Crippen LogP contribution < -0.4 is 4.90 Å². The van der Waals surface area contributed by atoms with Crippen LogP contribution in [0, 0.1) is 4.91 Å². The molecule has 0 bridgehead atoms. The van der Waals surface area contributed by atoms with Crippen LogP contribution in [0.3, 0.4) is 0 Å². The minimum Gasteiger partial charge on any atom is -0.464 e. The van der Waals surface area contributed by atoms with E-state index in [4.69, 9.17) is 4.74 Å². The first-order valence-corrected chi connectivity index (χ1v) is 7.08. The van der Waals surface area contributed by atoms with Crippen LogP contribution in [0.2, 0.25) is 0 Å². The molecular formula is C14H14F4N2O4+. The van der Waals surface area contributed by atoms with E-state index >= 15 is 0 Å². The lowest BCUT2D eigenvalue weighted by Gasteiger charge is -2.25. The van der Waals surface area contributed by atoms with Gasteiger partial charge in [-0.3, -0.25) is 0 Å². The lowest BCUT2D eigenvalue weighted by Crippen LogP contribution is -2.37. The van der Waals surface area contributed by atoms with Crippen molar-refractivity contribution in [3.8, 4) is 0 Å². The number of hydrogen-bond acceptors (Lipinski definition) is 4. The predicted octanol–water partition coefficient (Wildman–Crippen LogP) is 2.94. The Labute approximate surface area is 134 Å². The van der Waals surface area contributed by atoms with Gasteiger partial charge in [0.1, 0.15) is 17.8 Å². The van der Waals surface area contributed by atoms with Gasteiger partial charge in [-0.2, -0.15) is 13.2 Å². The van der Waals surface area contributed by atoms with Crippen LogP contribution in [0.1, 0.15) is 18.9 Å². The third-order valence-electron chi connectivity index (χ3n) is 3.62. The molecule has 0 amide bonds. The minimum atomic E-state index is -4.95. The number of alkyl halides is 4. The number of halogens is 4. The monoisotopic (exact) mass is 350 g/mol. The van der Waals surface area contributed by atoms with Gasteiger partial charge in [-0.05, 0) is 19.1 Å². The molecule has 2 atom stereocenters. The fourth-order valence-electron chi connectivity index (χ4n) is 2.62. The molecule has 1 radical (unpaired) electrons. The molecule has 0 aliphatic carbocycles. The van der Waals surface area contributed by atoms with Crippen molar-refractivity contribution in [2.24, 2.45) is 0 Å². The molecule has 1 aromatic carbocycles. The molecule has 1 saturated heterocycles. The van der Waals surface area contributed by atoms with Gasteiger partial charge < -0.3 is 9.64 Å².